The standard InChI is InChI=1S/C21H18O3/c1-3-23-20-11-7-5-9-17(20)13-15-19(22)16-14-18-10-6-8-12-21(18)24-4-2/h1-2,5-12H,13-16H2. The van der Waals surface area contributed by atoms with Gasteiger partial charge in [0.15, 0.2) is 0 Å². The van der Waals surface area contributed by atoms with Gasteiger partial charge < -0.3 is 9.47 Å². The van der Waals surface area contributed by atoms with Gasteiger partial charge >= 0.3 is 0 Å². The topological polar surface area (TPSA) is 35.5 Å². The Hall–Kier alpha value is -3.17. The van der Waals surface area contributed by atoms with Crippen LogP contribution < -0.4 is 9.47 Å². The Morgan fingerprint density at radius 1 is 0.792 bits per heavy atom. The number of terminal acetylenes is 2. The molecule has 0 radical (unpaired) electrons. The molecule has 0 amide bonds. The summed E-state index contributed by atoms with van der Waals surface area (Å²) in [5.74, 6) is 1.42. The molecule has 0 spiro atoms. The summed E-state index contributed by atoms with van der Waals surface area (Å²) in [5, 5.41) is 0. The molecular weight excluding hydrogens is 300 g/mol. The van der Waals surface area contributed by atoms with Gasteiger partial charge in [-0.3, -0.25) is 4.79 Å². The van der Waals surface area contributed by atoms with Gasteiger partial charge in [-0.15, -0.1) is 0 Å². The molecule has 0 saturated carbocycles. The van der Waals surface area contributed by atoms with Gasteiger partial charge in [0.2, 0.25) is 0 Å². The molecule has 0 aromatic heterocycles. The summed E-state index contributed by atoms with van der Waals surface area (Å²) in [7, 11) is 0. The van der Waals surface area contributed by atoms with Crippen molar-refractivity contribution in [1.29, 1.82) is 0 Å². The Kier molecular flexibility index (Phi) is 6.50. The van der Waals surface area contributed by atoms with E-state index in [0.29, 0.717) is 37.2 Å². The van der Waals surface area contributed by atoms with Crippen molar-refractivity contribution in [2.24, 2.45) is 0 Å². The molecule has 0 bridgehead atoms. The number of aryl methyl sites for hydroxylation is 2. The van der Waals surface area contributed by atoms with E-state index in [2.05, 4.69) is 12.2 Å². The molecule has 0 aliphatic carbocycles. The Bertz CT molecular complexity index is 713. The van der Waals surface area contributed by atoms with Crippen molar-refractivity contribution in [3.05, 3.63) is 59.7 Å². The van der Waals surface area contributed by atoms with Crippen molar-refractivity contribution >= 4 is 5.78 Å². The first-order chi connectivity index (χ1) is 11.7. The first-order valence-corrected chi connectivity index (χ1v) is 7.67. The number of benzene rings is 2. The SMILES string of the molecule is C#COc1ccccc1CCC(=O)CCc1ccccc1OC#C. The zero-order chi connectivity index (χ0) is 17.2. The van der Waals surface area contributed by atoms with Crippen molar-refractivity contribution in [2.45, 2.75) is 25.7 Å². The Morgan fingerprint density at radius 2 is 1.21 bits per heavy atom. The predicted octanol–water partition coefficient (Wildman–Crippen LogP) is 3.76. The molecule has 24 heavy (non-hydrogen) atoms. The lowest BCUT2D eigenvalue weighted by Gasteiger charge is -2.08. The summed E-state index contributed by atoms with van der Waals surface area (Å²) in [4.78, 5) is 12.2. The lowest BCUT2D eigenvalue weighted by molar-refractivity contribution is -0.119. The third kappa shape index (κ3) is 4.93. The molecule has 0 saturated heterocycles. The average molecular weight is 318 g/mol. The molecule has 3 nitrogen and oxygen atoms in total. The van der Waals surface area contributed by atoms with Crippen LogP contribution in [0.15, 0.2) is 48.5 Å². The van der Waals surface area contributed by atoms with Gasteiger partial charge in [-0.05, 0) is 36.1 Å². The number of carbonyl (C=O) groups excluding carboxylic acids is 1. The Labute approximate surface area is 142 Å². The minimum Gasteiger partial charge on any atom is -0.408 e. The molecule has 0 N–H and O–H groups in total. The number of ketones is 1. The molecule has 0 atom stereocenters. The van der Waals surface area contributed by atoms with E-state index in [0.717, 1.165) is 11.1 Å². The van der Waals surface area contributed by atoms with E-state index in [-0.39, 0.29) is 5.78 Å². The van der Waals surface area contributed by atoms with Gasteiger partial charge in [0.25, 0.3) is 0 Å². The zero-order valence-electron chi connectivity index (χ0n) is 13.3. The minimum atomic E-state index is 0.168. The highest BCUT2D eigenvalue weighted by Gasteiger charge is 2.09. The number of hydrogen-bond acceptors (Lipinski definition) is 3. The largest absolute Gasteiger partial charge is 0.408 e. The maximum atomic E-state index is 12.2. The maximum Gasteiger partial charge on any atom is 0.143 e. The molecule has 0 fully saturated rings. The molecule has 0 aliphatic rings. The predicted molar refractivity (Wildman–Crippen MR) is 93.5 cm³/mol. The molecule has 0 unspecified atom stereocenters. The van der Waals surface area contributed by atoms with Gasteiger partial charge in [0.1, 0.15) is 29.5 Å². The van der Waals surface area contributed by atoms with Gasteiger partial charge in [-0.1, -0.05) is 49.2 Å². The summed E-state index contributed by atoms with van der Waals surface area (Å²) in [6.07, 6.45) is 16.7. The normalized spacial score (nSPS) is 9.58. The highest BCUT2D eigenvalue weighted by molar-refractivity contribution is 5.79. The summed E-state index contributed by atoms with van der Waals surface area (Å²) < 4.78 is 10.2. The van der Waals surface area contributed by atoms with Crippen LogP contribution in [0, 0.1) is 25.1 Å². The molecular formula is C21H18O3. The lowest BCUT2D eigenvalue weighted by Crippen LogP contribution is -2.03. The van der Waals surface area contributed by atoms with E-state index in [1.165, 1.54) is 0 Å². The number of ether oxygens (including phenoxy) is 2. The molecule has 2 aromatic rings. The van der Waals surface area contributed by atoms with Crippen LogP contribution >= 0.6 is 0 Å². The third-order valence-electron chi connectivity index (χ3n) is 3.63. The van der Waals surface area contributed by atoms with Crippen LogP contribution in [0.25, 0.3) is 0 Å². The highest BCUT2D eigenvalue weighted by Crippen LogP contribution is 2.21. The van der Waals surface area contributed by atoms with Crippen LogP contribution in [0.1, 0.15) is 24.0 Å². The second-order valence-electron chi connectivity index (χ2n) is 5.19. The second-order valence-corrected chi connectivity index (χ2v) is 5.19. The quantitative estimate of drug-likeness (QED) is 0.695. The first-order valence-electron chi connectivity index (χ1n) is 7.67. The van der Waals surface area contributed by atoms with Gasteiger partial charge in [0.05, 0.1) is 0 Å². The molecule has 2 rings (SSSR count). The van der Waals surface area contributed by atoms with E-state index >= 15 is 0 Å². The maximum absolute atomic E-state index is 12.2. The molecule has 2 aromatic carbocycles. The number of rotatable bonds is 8. The third-order valence-corrected chi connectivity index (χ3v) is 3.63. The minimum absolute atomic E-state index is 0.168. The van der Waals surface area contributed by atoms with E-state index < -0.39 is 0 Å². The van der Waals surface area contributed by atoms with Gasteiger partial charge in [-0.25, -0.2) is 0 Å². The van der Waals surface area contributed by atoms with Crippen LogP contribution in [-0.2, 0) is 17.6 Å². The fourth-order valence-corrected chi connectivity index (χ4v) is 2.42. The van der Waals surface area contributed by atoms with Crippen molar-refractivity contribution in [1.82, 2.24) is 0 Å². The molecule has 0 aliphatic heterocycles. The van der Waals surface area contributed by atoms with Crippen LogP contribution in [0.2, 0.25) is 0 Å². The smallest absolute Gasteiger partial charge is 0.143 e. The zero-order valence-corrected chi connectivity index (χ0v) is 13.3. The Morgan fingerprint density at radius 3 is 1.62 bits per heavy atom. The van der Waals surface area contributed by atoms with Crippen molar-refractivity contribution in [3.63, 3.8) is 0 Å². The van der Waals surface area contributed by atoms with E-state index in [9.17, 15) is 4.79 Å². The van der Waals surface area contributed by atoms with Gasteiger partial charge in [-0.2, -0.15) is 0 Å². The molecule has 0 heterocycles. The summed E-state index contributed by atoms with van der Waals surface area (Å²) in [5.41, 5.74) is 1.86. The number of hydrogen-bond donors (Lipinski definition) is 0. The number of carbonyl (C=O) groups is 1. The van der Waals surface area contributed by atoms with E-state index in [4.69, 9.17) is 22.3 Å². The summed E-state index contributed by atoms with van der Waals surface area (Å²) >= 11 is 0. The van der Waals surface area contributed by atoms with Crippen LogP contribution in [0.3, 0.4) is 0 Å². The fraction of sp³-hybridized carbons (Fsp3) is 0.190. The first kappa shape index (κ1) is 17.2. The van der Waals surface area contributed by atoms with Gasteiger partial charge in [0, 0.05) is 12.8 Å². The Balaban J connectivity index is 1.89. The van der Waals surface area contributed by atoms with E-state index in [1.54, 1.807) is 12.1 Å². The molecule has 3 heteroatoms. The van der Waals surface area contributed by atoms with E-state index in [1.807, 2.05) is 36.4 Å². The van der Waals surface area contributed by atoms with Crippen LogP contribution in [-0.4, -0.2) is 5.78 Å². The van der Waals surface area contributed by atoms with Crippen LogP contribution in [0.5, 0.6) is 11.5 Å². The average Bonchev–Trinajstić information content (AvgIpc) is 2.61. The van der Waals surface area contributed by atoms with Crippen molar-refractivity contribution in [3.8, 4) is 36.6 Å². The molecule has 120 valence electrons. The van der Waals surface area contributed by atoms with Crippen molar-refractivity contribution < 1.29 is 14.3 Å². The monoisotopic (exact) mass is 318 g/mol. The number of Topliss-reactive ketones (excluding diaryl/α,β-unsaturated/α-hetero) is 1. The lowest BCUT2D eigenvalue weighted by atomic mass is 10.0. The summed E-state index contributed by atoms with van der Waals surface area (Å²) in [6, 6.07) is 14.9. The fourth-order valence-electron chi connectivity index (χ4n) is 2.42. The van der Waals surface area contributed by atoms with Crippen LogP contribution in [0.4, 0.5) is 0 Å². The number of para-hydroxylation sites is 2. The second kappa shape index (κ2) is 9.08. The van der Waals surface area contributed by atoms with Crippen molar-refractivity contribution in [2.75, 3.05) is 0 Å². The highest BCUT2D eigenvalue weighted by atomic mass is 16.5. The summed E-state index contributed by atoms with van der Waals surface area (Å²) in [6.45, 7) is 0.